The molecule has 1 atom stereocenters. The summed E-state index contributed by atoms with van der Waals surface area (Å²) in [7, 11) is 0. The van der Waals surface area contributed by atoms with E-state index < -0.39 is 12.0 Å². The standard InChI is InChI=1S/C11H19NO3/c1-4-7-9(11(14)15)12-10(13)8(5-2)6-3/h4,8-9H,1,5-7H2,2-3H3,(H,12,13)(H,14,15). The highest BCUT2D eigenvalue weighted by molar-refractivity contribution is 5.84. The monoisotopic (exact) mass is 213 g/mol. The number of hydrogen-bond donors (Lipinski definition) is 2. The molecule has 15 heavy (non-hydrogen) atoms. The van der Waals surface area contributed by atoms with E-state index in [9.17, 15) is 9.59 Å². The van der Waals surface area contributed by atoms with Gasteiger partial charge in [0.15, 0.2) is 0 Å². The number of rotatable bonds is 7. The van der Waals surface area contributed by atoms with Gasteiger partial charge in [-0.1, -0.05) is 19.9 Å². The van der Waals surface area contributed by atoms with Gasteiger partial charge in [0.1, 0.15) is 6.04 Å². The molecule has 0 heterocycles. The zero-order valence-electron chi connectivity index (χ0n) is 9.32. The predicted molar refractivity (Wildman–Crippen MR) is 58.5 cm³/mol. The van der Waals surface area contributed by atoms with Crippen LogP contribution >= 0.6 is 0 Å². The molecule has 0 aromatic rings. The Balaban J connectivity index is 4.33. The van der Waals surface area contributed by atoms with Gasteiger partial charge >= 0.3 is 5.97 Å². The van der Waals surface area contributed by atoms with Crippen molar-refractivity contribution in [3.63, 3.8) is 0 Å². The van der Waals surface area contributed by atoms with E-state index in [1.807, 2.05) is 13.8 Å². The van der Waals surface area contributed by atoms with Crippen molar-refractivity contribution < 1.29 is 14.7 Å². The number of carboxylic acid groups (broad SMARTS) is 1. The molecular formula is C11H19NO3. The third-order valence-electron chi connectivity index (χ3n) is 2.37. The van der Waals surface area contributed by atoms with E-state index in [-0.39, 0.29) is 18.2 Å². The number of amides is 1. The molecule has 0 saturated carbocycles. The molecule has 0 aliphatic carbocycles. The van der Waals surface area contributed by atoms with Crippen LogP contribution in [0.25, 0.3) is 0 Å². The van der Waals surface area contributed by atoms with E-state index in [1.165, 1.54) is 6.08 Å². The first-order valence-corrected chi connectivity index (χ1v) is 5.20. The van der Waals surface area contributed by atoms with Crippen LogP contribution in [0.2, 0.25) is 0 Å². The molecule has 0 saturated heterocycles. The van der Waals surface area contributed by atoms with Gasteiger partial charge in [-0.05, 0) is 19.3 Å². The molecule has 2 N–H and O–H groups in total. The van der Waals surface area contributed by atoms with E-state index in [0.717, 1.165) is 12.8 Å². The largest absolute Gasteiger partial charge is 0.480 e. The van der Waals surface area contributed by atoms with Gasteiger partial charge in [0.05, 0.1) is 0 Å². The lowest BCUT2D eigenvalue weighted by Crippen LogP contribution is -2.43. The van der Waals surface area contributed by atoms with E-state index in [0.29, 0.717) is 0 Å². The van der Waals surface area contributed by atoms with Crippen LogP contribution < -0.4 is 5.32 Å². The fourth-order valence-electron chi connectivity index (χ4n) is 1.34. The van der Waals surface area contributed by atoms with Crippen LogP contribution in [0.1, 0.15) is 33.1 Å². The highest BCUT2D eigenvalue weighted by Gasteiger charge is 2.21. The van der Waals surface area contributed by atoms with Crippen LogP contribution in [0, 0.1) is 5.92 Å². The fourth-order valence-corrected chi connectivity index (χ4v) is 1.34. The number of hydrogen-bond acceptors (Lipinski definition) is 2. The zero-order chi connectivity index (χ0) is 11.8. The van der Waals surface area contributed by atoms with E-state index in [1.54, 1.807) is 0 Å². The first kappa shape index (κ1) is 13.7. The molecule has 4 nitrogen and oxygen atoms in total. The van der Waals surface area contributed by atoms with Gasteiger partial charge in [0, 0.05) is 5.92 Å². The first-order valence-electron chi connectivity index (χ1n) is 5.20. The molecule has 0 fully saturated rings. The zero-order valence-corrected chi connectivity index (χ0v) is 9.32. The molecule has 0 rings (SSSR count). The quantitative estimate of drug-likeness (QED) is 0.631. The Labute approximate surface area is 90.4 Å². The van der Waals surface area contributed by atoms with Crippen molar-refractivity contribution in [3.8, 4) is 0 Å². The van der Waals surface area contributed by atoms with Crippen molar-refractivity contribution in [3.05, 3.63) is 12.7 Å². The van der Waals surface area contributed by atoms with Crippen LogP contribution in [0.3, 0.4) is 0 Å². The second-order valence-corrected chi connectivity index (χ2v) is 3.44. The molecule has 1 amide bonds. The Kier molecular flexibility index (Phi) is 6.42. The van der Waals surface area contributed by atoms with Crippen LogP contribution in [0.5, 0.6) is 0 Å². The maximum atomic E-state index is 11.6. The highest BCUT2D eigenvalue weighted by Crippen LogP contribution is 2.08. The normalized spacial score (nSPS) is 12.2. The lowest BCUT2D eigenvalue weighted by Gasteiger charge is -2.17. The van der Waals surface area contributed by atoms with Crippen molar-refractivity contribution in [2.75, 3.05) is 0 Å². The van der Waals surface area contributed by atoms with E-state index in [4.69, 9.17) is 5.11 Å². The van der Waals surface area contributed by atoms with Crippen LogP contribution in [0.15, 0.2) is 12.7 Å². The number of carbonyl (C=O) groups is 2. The summed E-state index contributed by atoms with van der Waals surface area (Å²) in [4.78, 5) is 22.3. The Morgan fingerprint density at radius 3 is 2.27 bits per heavy atom. The summed E-state index contributed by atoms with van der Waals surface area (Å²) < 4.78 is 0. The molecule has 4 heteroatoms. The lowest BCUT2D eigenvalue weighted by atomic mass is 10.0. The lowest BCUT2D eigenvalue weighted by molar-refractivity contribution is -0.142. The third kappa shape index (κ3) is 4.63. The van der Waals surface area contributed by atoms with Crippen molar-refractivity contribution in [1.82, 2.24) is 5.32 Å². The second kappa shape index (κ2) is 7.04. The Hall–Kier alpha value is -1.32. The minimum absolute atomic E-state index is 0.100. The van der Waals surface area contributed by atoms with Gasteiger partial charge in [-0.25, -0.2) is 4.79 Å². The minimum Gasteiger partial charge on any atom is -0.480 e. The van der Waals surface area contributed by atoms with Crippen molar-refractivity contribution in [2.45, 2.75) is 39.2 Å². The van der Waals surface area contributed by atoms with Crippen molar-refractivity contribution in [1.29, 1.82) is 0 Å². The molecule has 0 spiro atoms. The summed E-state index contributed by atoms with van der Waals surface area (Å²) in [6, 6.07) is -0.851. The number of carbonyl (C=O) groups excluding carboxylic acids is 1. The van der Waals surface area contributed by atoms with Gasteiger partial charge < -0.3 is 10.4 Å². The molecule has 0 radical (unpaired) electrons. The summed E-state index contributed by atoms with van der Waals surface area (Å²) in [6.45, 7) is 7.29. The van der Waals surface area contributed by atoms with Crippen molar-refractivity contribution >= 4 is 11.9 Å². The summed E-state index contributed by atoms with van der Waals surface area (Å²) >= 11 is 0. The predicted octanol–water partition coefficient (Wildman–Crippen LogP) is 1.57. The molecule has 0 aliphatic heterocycles. The van der Waals surface area contributed by atoms with Crippen LogP contribution in [-0.2, 0) is 9.59 Å². The second-order valence-electron chi connectivity index (χ2n) is 3.44. The van der Waals surface area contributed by atoms with Gasteiger partial charge in [-0.15, -0.1) is 6.58 Å². The van der Waals surface area contributed by atoms with Gasteiger partial charge in [-0.3, -0.25) is 4.79 Å². The molecule has 0 aliphatic rings. The van der Waals surface area contributed by atoms with Crippen molar-refractivity contribution in [2.24, 2.45) is 5.92 Å². The first-order chi connectivity index (χ1) is 7.06. The van der Waals surface area contributed by atoms with E-state index >= 15 is 0 Å². The summed E-state index contributed by atoms with van der Waals surface area (Å²) in [5.41, 5.74) is 0. The average molecular weight is 213 g/mol. The highest BCUT2D eigenvalue weighted by atomic mass is 16.4. The summed E-state index contributed by atoms with van der Waals surface area (Å²) in [6.07, 6.45) is 3.19. The van der Waals surface area contributed by atoms with E-state index in [2.05, 4.69) is 11.9 Å². The molecule has 86 valence electrons. The third-order valence-corrected chi connectivity index (χ3v) is 2.37. The Morgan fingerprint density at radius 2 is 1.93 bits per heavy atom. The maximum absolute atomic E-state index is 11.6. The van der Waals surface area contributed by atoms with Crippen LogP contribution in [-0.4, -0.2) is 23.0 Å². The topological polar surface area (TPSA) is 66.4 Å². The SMILES string of the molecule is C=CCC(NC(=O)C(CC)CC)C(=O)O. The molecule has 1 unspecified atom stereocenters. The van der Waals surface area contributed by atoms with Gasteiger partial charge in [0.25, 0.3) is 0 Å². The molecule has 0 bridgehead atoms. The summed E-state index contributed by atoms with van der Waals surface area (Å²) in [5.74, 6) is -1.31. The smallest absolute Gasteiger partial charge is 0.326 e. The van der Waals surface area contributed by atoms with Crippen LogP contribution in [0.4, 0.5) is 0 Å². The number of nitrogens with one attached hydrogen (secondary N) is 1. The molecule has 0 aromatic heterocycles. The Bertz CT molecular complexity index is 234. The Morgan fingerprint density at radius 1 is 1.40 bits per heavy atom. The average Bonchev–Trinajstić information content (AvgIpc) is 2.18. The van der Waals surface area contributed by atoms with Gasteiger partial charge in [-0.2, -0.15) is 0 Å². The summed E-state index contributed by atoms with van der Waals surface area (Å²) in [5, 5.41) is 11.3. The fraction of sp³-hybridized carbons (Fsp3) is 0.636. The van der Waals surface area contributed by atoms with Gasteiger partial charge in [0.2, 0.25) is 5.91 Å². The minimum atomic E-state index is -1.02. The molecule has 0 aromatic carbocycles. The molecular weight excluding hydrogens is 194 g/mol. The number of carboxylic acids is 1. The number of aliphatic carboxylic acids is 1. The maximum Gasteiger partial charge on any atom is 0.326 e.